The minimum Gasteiger partial charge on any atom is -0.380 e. The molecule has 1 N–H and O–H groups in total. The van der Waals surface area contributed by atoms with E-state index in [1.807, 2.05) is 37.3 Å². The first kappa shape index (κ1) is 18.9. The van der Waals surface area contributed by atoms with Gasteiger partial charge in [-0.05, 0) is 49.1 Å². The molecule has 0 radical (unpaired) electrons. The van der Waals surface area contributed by atoms with Gasteiger partial charge in [0.15, 0.2) is 0 Å². The number of carbonyl (C=O) groups is 2. The van der Waals surface area contributed by atoms with Crippen LogP contribution >= 0.6 is 0 Å². The lowest BCUT2D eigenvalue weighted by molar-refractivity contribution is -0.143. The van der Waals surface area contributed by atoms with Crippen LogP contribution in [0.3, 0.4) is 0 Å². The van der Waals surface area contributed by atoms with Crippen LogP contribution in [-0.2, 0) is 4.79 Å². The van der Waals surface area contributed by atoms with Gasteiger partial charge < -0.3 is 14.9 Å². The highest BCUT2D eigenvalue weighted by atomic mass is 16.3. The number of aliphatic hydroxyl groups is 1. The minimum atomic E-state index is -1.14. The lowest BCUT2D eigenvalue weighted by atomic mass is 9.89. The van der Waals surface area contributed by atoms with Gasteiger partial charge in [-0.3, -0.25) is 9.59 Å². The largest absolute Gasteiger partial charge is 0.380 e. The van der Waals surface area contributed by atoms with Gasteiger partial charge in [-0.2, -0.15) is 10.2 Å². The summed E-state index contributed by atoms with van der Waals surface area (Å²) in [5, 5.41) is 18.4. The van der Waals surface area contributed by atoms with Gasteiger partial charge in [0.1, 0.15) is 5.60 Å². The van der Waals surface area contributed by atoms with Crippen molar-refractivity contribution in [2.45, 2.75) is 25.4 Å². The highest BCUT2D eigenvalue weighted by Gasteiger charge is 2.50. The van der Waals surface area contributed by atoms with Crippen molar-refractivity contribution in [3.63, 3.8) is 0 Å². The van der Waals surface area contributed by atoms with E-state index in [1.54, 1.807) is 9.80 Å². The van der Waals surface area contributed by atoms with Crippen LogP contribution in [0.4, 0.5) is 0 Å². The molecule has 0 bridgehead atoms. The fourth-order valence-corrected chi connectivity index (χ4v) is 4.15. The van der Waals surface area contributed by atoms with Crippen molar-refractivity contribution in [1.29, 1.82) is 0 Å². The maximum Gasteiger partial charge on any atom is 0.254 e. The molecule has 2 aliphatic heterocycles. The molecular weight excluding hydrogens is 380 g/mol. The van der Waals surface area contributed by atoms with E-state index < -0.39 is 5.60 Å². The summed E-state index contributed by atoms with van der Waals surface area (Å²) in [5.74, 6) is -0.0422. The molecule has 0 spiro atoms. The Morgan fingerprint density at radius 1 is 1.03 bits per heavy atom. The zero-order valence-electron chi connectivity index (χ0n) is 16.9. The third kappa shape index (κ3) is 3.29. The fraction of sp³-hybridized carbons (Fsp3) is 0.391. The highest BCUT2D eigenvalue weighted by molar-refractivity contribution is 6.19. The zero-order valence-corrected chi connectivity index (χ0v) is 16.9. The number of rotatable bonds is 3. The van der Waals surface area contributed by atoms with Gasteiger partial charge in [-0.1, -0.05) is 24.3 Å². The van der Waals surface area contributed by atoms with Crippen molar-refractivity contribution in [3.05, 3.63) is 53.6 Å². The molecule has 5 rings (SSSR count). The first-order chi connectivity index (χ1) is 14.4. The van der Waals surface area contributed by atoms with E-state index in [0.717, 1.165) is 22.6 Å². The molecule has 30 heavy (non-hydrogen) atoms. The average Bonchev–Trinajstić information content (AvgIpc) is 3.44. The summed E-state index contributed by atoms with van der Waals surface area (Å²) in [6, 6.07) is 7.60. The Kier molecular flexibility index (Phi) is 4.43. The van der Waals surface area contributed by atoms with Gasteiger partial charge in [0.05, 0.1) is 17.3 Å². The molecule has 2 heterocycles. The smallest absolute Gasteiger partial charge is 0.254 e. The van der Waals surface area contributed by atoms with Gasteiger partial charge in [-0.15, -0.1) is 0 Å². The van der Waals surface area contributed by atoms with Crippen molar-refractivity contribution in [2.24, 2.45) is 16.1 Å². The van der Waals surface area contributed by atoms with Gasteiger partial charge in [0, 0.05) is 31.7 Å². The molecule has 1 saturated carbocycles. The van der Waals surface area contributed by atoms with Crippen LogP contribution < -0.4 is 0 Å². The Labute approximate surface area is 175 Å². The fourth-order valence-electron chi connectivity index (χ4n) is 4.15. The predicted molar refractivity (Wildman–Crippen MR) is 114 cm³/mol. The molecule has 154 valence electrons. The molecule has 2 fully saturated rings. The summed E-state index contributed by atoms with van der Waals surface area (Å²) >= 11 is 0. The number of fused-ring (bicyclic) bond motifs is 1. The van der Waals surface area contributed by atoms with E-state index in [0.29, 0.717) is 44.6 Å². The van der Waals surface area contributed by atoms with E-state index in [2.05, 4.69) is 22.4 Å². The van der Waals surface area contributed by atoms with Crippen LogP contribution in [-0.4, -0.2) is 69.9 Å². The second kappa shape index (κ2) is 7.02. The van der Waals surface area contributed by atoms with Gasteiger partial charge in [-0.25, -0.2) is 0 Å². The second-order valence-electron chi connectivity index (χ2n) is 8.40. The summed E-state index contributed by atoms with van der Waals surface area (Å²) in [5.41, 5.74) is 3.54. The molecule has 7 heteroatoms. The predicted octanol–water partition coefficient (Wildman–Crippen LogP) is 1.90. The first-order valence-corrected chi connectivity index (χ1v) is 10.4. The quantitative estimate of drug-likeness (QED) is 0.835. The van der Waals surface area contributed by atoms with E-state index >= 15 is 0 Å². The number of hydrogen-bond donors (Lipinski definition) is 1. The zero-order chi connectivity index (χ0) is 20.9. The molecule has 1 saturated heterocycles. The Bertz CT molecular complexity index is 1020. The monoisotopic (exact) mass is 404 g/mol. The molecule has 4 aliphatic rings. The SMILES string of the molecule is CC1=NN=C2C=C(c3ccc(C(=O)N4CCN(C(=O)C5(O)CC5)CC4)cc3)C=CC12. The molecule has 1 aromatic carbocycles. The van der Waals surface area contributed by atoms with Crippen molar-refractivity contribution in [3.8, 4) is 0 Å². The number of benzene rings is 1. The van der Waals surface area contributed by atoms with Gasteiger partial charge >= 0.3 is 0 Å². The Morgan fingerprint density at radius 3 is 2.37 bits per heavy atom. The van der Waals surface area contributed by atoms with Crippen LogP contribution in [0, 0.1) is 5.92 Å². The van der Waals surface area contributed by atoms with Crippen LogP contribution in [0.15, 0.2) is 52.7 Å². The summed E-state index contributed by atoms with van der Waals surface area (Å²) in [6.07, 6.45) is 7.32. The Balaban J connectivity index is 1.22. The lowest BCUT2D eigenvalue weighted by Crippen LogP contribution is -2.53. The number of carbonyl (C=O) groups excluding carboxylic acids is 2. The second-order valence-corrected chi connectivity index (χ2v) is 8.40. The third-order valence-corrected chi connectivity index (χ3v) is 6.30. The molecular formula is C23H24N4O3. The normalized spacial score (nSPS) is 24.1. The van der Waals surface area contributed by atoms with Gasteiger partial charge in [0.25, 0.3) is 11.8 Å². The number of nitrogens with zero attached hydrogens (tertiary/aromatic N) is 4. The Morgan fingerprint density at radius 2 is 1.70 bits per heavy atom. The number of piperazine rings is 1. The van der Waals surface area contributed by atoms with Crippen molar-refractivity contribution in [2.75, 3.05) is 26.2 Å². The first-order valence-electron chi connectivity index (χ1n) is 10.4. The van der Waals surface area contributed by atoms with Gasteiger partial charge in [0.2, 0.25) is 0 Å². The summed E-state index contributed by atoms with van der Waals surface area (Å²) < 4.78 is 0. The van der Waals surface area contributed by atoms with Crippen molar-refractivity contribution < 1.29 is 14.7 Å². The highest BCUT2D eigenvalue weighted by Crippen LogP contribution is 2.37. The number of allylic oxidation sites excluding steroid dienone is 4. The summed E-state index contributed by atoms with van der Waals surface area (Å²) in [6.45, 7) is 3.88. The molecule has 1 atom stereocenters. The van der Waals surface area contributed by atoms with Crippen molar-refractivity contribution in [1.82, 2.24) is 9.80 Å². The van der Waals surface area contributed by atoms with E-state index in [9.17, 15) is 14.7 Å². The standard InChI is InChI=1S/C23H24N4O3/c1-15-19-7-6-18(14-20(19)25-24-15)16-2-4-17(5-3-16)21(28)26-10-12-27(13-11-26)22(29)23(30)8-9-23/h2-7,14,19,30H,8-13H2,1H3. The molecule has 7 nitrogen and oxygen atoms in total. The summed E-state index contributed by atoms with van der Waals surface area (Å²) in [4.78, 5) is 28.6. The average molecular weight is 404 g/mol. The van der Waals surface area contributed by atoms with E-state index in [1.165, 1.54) is 0 Å². The number of amides is 2. The van der Waals surface area contributed by atoms with Crippen LogP contribution in [0.2, 0.25) is 0 Å². The van der Waals surface area contributed by atoms with Crippen LogP contribution in [0.25, 0.3) is 5.57 Å². The topological polar surface area (TPSA) is 85.6 Å². The minimum absolute atomic E-state index is 0.0313. The molecule has 2 aliphatic carbocycles. The molecule has 1 aromatic rings. The number of hydrogen-bond acceptors (Lipinski definition) is 5. The maximum absolute atomic E-state index is 12.9. The lowest BCUT2D eigenvalue weighted by Gasteiger charge is -2.35. The maximum atomic E-state index is 12.9. The van der Waals surface area contributed by atoms with Crippen molar-refractivity contribution >= 4 is 28.8 Å². The van der Waals surface area contributed by atoms with Crippen LogP contribution in [0.5, 0.6) is 0 Å². The van der Waals surface area contributed by atoms with Crippen LogP contribution in [0.1, 0.15) is 35.7 Å². The van der Waals surface area contributed by atoms with E-state index in [4.69, 9.17) is 0 Å². The van der Waals surface area contributed by atoms with E-state index in [-0.39, 0.29) is 17.7 Å². The summed E-state index contributed by atoms with van der Waals surface area (Å²) in [7, 11) is 0. The molecule has 1 unspecified atom stereocenters. The molecule has 2 amide bonds. The Hall–Kier alpha value is -3.06. The third-order valence-electron chi connectivity index (χ3n) is 6.30. The molecule has 0 aromatic heterocycles.